The van der Waals surface area contributed by atoms with E-state index in [9.17, 15) is 13.2 Å². The Morgan fingerprint density at radius 3 is 2.57 bits per heavy atom. The normalized spacial score (nSPS) is 21.3. The van der Waals surface area contributed by atoms with Crippen LogP contribution >= 0.6 is 23.2 Å². The molecule has 0 radical (unpaired) electrons. The number of rotatable bonds is 4. The van der Waals surface area contributed by atoms with Gasteiger partial charge < -0.3 is 14.4 Å². The van der Waals surface area contributed by atoms with Crippen molar-refractivity contribution in [2.45, 2.75) is 38.4 Å². The Kier molecular flexibility index (Phi) is 7.26. The zero-order valence-corrected chi connectivity index (χ0v) is 18.7. The highest BCUT2D eigenvalue weighted by Crippen LogP contribution is 2.34. The predicted molar refractivity (Wildman–Crippen MR) is 109 cm³/mol. The lowest BCUT2D eigenvalue weighted by Crippen LogP contribution is -2.51. The Hall–Kier alpha value is -1.06. The molecule has 1 unspecified atom stereocenters. The fourth-order valence-electron chi connectivity index (χ4n) is 2.85. The number of hydrogen-bond donors (Lipinski definition) is 1. The molecular formula is C18H26Cl2N2O5S. The molecular weight excluding hydrogens is 427 g/mol. The summed E-state index contributed by atoms with van der Waals surface area (Å²) in [5.41, 5.74) is -1.17. The number of sulfonamides is 1. The van der Waals surface area contributed by atoms with E-state index in [0.29, 0.717) is 35.2 Å². The summed E-state index contributed by atoms with van der Waals surface area (Å²) in [7, 11) is -3.49. The van der Waals surface area contributed by atoms with E-state index in [4.69, 9.17) is 32.7 Å². The number of ether oxygens (including phenoxy) is 2. The van der Waals surface area contributed by atoms with Gasteiger partial charge >= 0.3 is 6.09 Å². The number of carbonyl (C=O) groups is 1. The van der Waals surface area contributed by atoms with Gasteiger partial charge in [-0.1, -0.05) is 29.3 Å². The van der Waals surface area contributed by atoms with E-state index in [-0.39, 0.29) is 13.1 Å². The molecule has 1 aromatic carbocycles. The lowest BCUT2D eigenvalue weighted by Gasteiger charge is -2.37. The number of nitrogens with one attached hydrogen (secondary N) is 1. The largest absolute Gasteiger partial charge is 0.444 e. The molecule has 1 saturated heterocycles. The molecule has 28 heavy (non-hydrogen) atoms. The third-order valence-electron chi connectivity index (χ3n) is 4.11. The molecule has 1 N–H and O–H groups in total. The van der Waals surface area contributed by atoms with Crippen molar-refractivity contribution in [3.63, 3.8) is 0 Å². The second kappa shape index (κ2) is 8.75. The van der Waals surface area contributed by atoms with E-state index in [1.54, 1.807) is 39.0 Å². The molecule has 1 aliphatic rings. The SMILES string of the molecule is CC(C)(C)OC(=O)N1CCCOC(CNS(C)(=O)=O)(c2ccc(Cl)c(Cl)c2)C1. The van der Waals surface area contributed by atoms with Crippen LogP contribution in [0.1, 0.15) is 32.8 Å². The molecule has 0 aliphatic carbocycles. The van der Waals surface area contributed by atoms with Gasteiger partial charge in [-0.05, 0) is 44.9 Å². The van der Waals surface area contributed by atoms with Gasteiger partial charge in [0.15, 0.2) is 0 Å². The zero-order chi connectivity index (χ0) is 21.2. The van der Waals surface area contributed by atoms with Gasteiger partial charge in [0.1, 0.15) is 11.2 Å². The molecule has 0 saturated carbocycles. The fraction of sp³-hybridized carbons (Fsp3) is 0.611. The smallest absolute Gasteiger partial charge is 0.410 e. The molecule has 1 aliphatic heterocycles. The highest BCUT2D eigenvalue weighted by Gasteiger charge is 2.40. The molecule has 1 amide bonds. The Morgan fingerprint density at radius 1 is 1.32 bits per heavy atom. The second-order valence-corrected chi connectivity index (χ2v) is 10.5. The van der Waals surface area contributed by atoms with Crippen molar-refractivity contribution in [2.24, 2.45) is 0 Å². The third-order valence-corrected chi connectivity index (χ3v) is 5.52. The van der Waals surface area contributed by atoms with Crippen LogP contribution in [0, 0.1) is 0 Å². The van der Waals surface area contributed by atoms with Crippen molar-refractivity contribution in [1.29, 1.82) is 0 Å². The van der Waals surface area contributed by atoms with E-state index in [1.165, 1.54) is 4.90 Å². The summed E-state index contributed by atoms with van der Waals surface area (Å²) in [6.45, 7) is 6.16. The average Bonchev–Trinajstić information content (AvgIpc) is 2.77. The van der Waals surface area contributed by atoms with Gasteiger partial charge in [0.2, 0.25) is 10.0 Å². The van der Waals surface area contributed by atoms with E-state index in [2.05, 4.69) is 4.72 Å². The average molecular weight is 453 g/mol. The van der Waals surface area contributed by atoms with Crippen LogP contribution in [0.3, 0.4) is 0 Å². The first-order valence-corrected chi connectivity index (χ1v) is 11.5. The Bertz CT molecular complexity index is 826. The van der Waals surface area contributed by atoms with Crippen molar-refractivity contribution in [2.75, 3.05) is 32.5 Å². The minimum Gasteiger partial charge on any atom is -0.444 e. The van der Waals surface area contributed by atoms with Crippen molar-refractivity contribution in [1.82, 2.24) is 9.62 Å². The van der Waals surface area contributed by atoms with Crippen molar-refractivity contribution >= 4 is 39.3 Å². The predicted octanol–water partition coefficient (Wildman–Crippen LogP) is 3.40. The fourth-order valence-corrected chi connectivity index (χ4v) is 3.64. The maximum absolute atomic E-state index is 12.7. The molecule has 0 spiro atoms. The molecule has 1 fully saturated rings. The minimum absolute atomic E-state index is 0.0664. The van der Waals surface area contributed by atoms with Crippen molar-refractivity contribution in [3.8, 4) is 0 Å². The van der Waals surface area contributed by atoms with Gasteiger partial charge in [-0.25, -0.2) is 17.9 Å². The molecule has 2 rings (SSSR count). The van der Waals surface area contributed by atoms with Gasteiger partial charge in [0.25, 0.3) is 0 Å². The highest BCUT2D eigenvalue weighted by atomic mass is 35.5. The first kappa shape index (κ1) is 23.2. The standard InChI is InChI=1S/C18H26Cl2N2O5S/c1-17(2,3)27-16(23)22-8-5-9-26-18(12-22,11-21-28(4,24)25)13-6-7-14(19)15(20)10-13/h6-7,10,21H,5,8-9,11-12H2,1-4H3. The first-order valence-electron chi connectivity index (χ1n) is 8.83. The second-order valence-electron chi connectivity index (χ2n) is 7.82. The van der Waals surface area contributed by atoms with Crippen LogP contribution < -0.4 is 4.72 Å². The van der Waals surface area contributed by atoms with Crippen LogP contribution in [-0.4, -0.2) is 57.5 Å². The zero-order valence-electron chi connectivity index (χ0n) is 16.4. The van der Waals surface area contributed by atoms with Crippen LogP contribution in [0.5, 0.6) is 0 Å². The summed E-state index contributed by atoms with van der Waals surface area (Å²) in [5.74, 6) is 0. The summed E-state index contributed by atoms with van der Waals surface area (Å²) in [4.78, 5) is 14.2. The van der Waals surface area contributed by atoms with Gasteiger partial charge in [0.05, 0.1) is 22.8 Å². The van der Waals surface area contributed by atoms with Gasteiger partial charge in [-0.3, -0.25) is 0 Å². The Morgan fingerprint density at radius 2 is 2.00 bits per heavy atom. The minimum atomic E-state index is -3.49. The van der Waals surface area contributed by atoms with Crippen LogP contribution in [0.25, 0.3) is 0 Å². The highest BCUT2D eigenvalue weighted by molar-refractivity contribution is 7.88. The topological polar surface area (TPSA) is 84.9 Å². The molecule has 1 aromatic rings. The summed E-state index contributed by atoms with van der Waals surface area (Å²) in [6.07, 6.45) is 1.17. The summed E-state index contributed by atoms with van der Waals surface area (Å²) in [6, 6.07) is 4.97. The van der Waals surface area contributed by atoms with Crippen LogP contribution in [0.2, 0.25) is 10.0 Å². The van der Waals surface area contributed by atoms with E-state index >= 15 is 0 Å². The molecule has 7 nitrogen and oxygen atoms in total. The quantitative estimate of drug-likeness (QED) is 0.756. The van der Waals surface area contributed by atoms with E-state index < -0.39 is 27.3 Å². The van der Waals surface area contributed by atoms with Gasteiger partial charge in [0, 0.05) is 19.7 Å². The molecule has 0 bridgehead atoms. The van der Waals surface area contributed by atoms with E-state index in [1.807, 2.05) is 0 Å². The number of benzene rings is 1. The molecule has 10 heteroatoms. The summed E-state index contributed by atoms with van der Waals surface area (Å²) in [5, 5.41) is 0.684. The van der Waals surface area contributed by atoms with E-state index in [0.717, 1.165) is 6.26 Å². The molecule has 0 aromatic heterocycles. The summed E-state index contributed by atoms with van der Waals surface area (Å²) >= 11 is 12.2. The third kappa shape index (κ3) is 6.49. The Labute approximate surface area is 176 Å². The number of nitrogens with zero attached hydrogens (tertiary/aromatic N) is 1. The van der Waals surface area contributed by atoms with Gasteiger partial charge in [-0.15, -0.1) is 0 Å². The number of halogens is 2. The molecule has 158 valence electrons. The summed E-state index contributed by atoms with van der Waals surface area (Å²) < 4.78 is 37.6. The van der Waals surface area contributed by atoms with Crippen LogP contribution in [0.4, 0.5) is 4.79 Å². The molecule has 1 atom stereocenters. The van der Waals surface area contributed by atoms with Gasteiger partial charge in [-0.2, -0.15) is 0 Å². The monoisotopic (exact) mass is 452 g/mol. The number of amides is 1. The van der Waals surface area contributed by atoms with Crippen LogP contribution in [0.15, 0.2) is 18.2 Å². The lowest BCUT2D eigenvalue weighted by atomic mass is 9.93. The van der Waals surface area contributed by atoms with Crippen LogP contribution in [-0.2, 0) is 25.1 Å². The van der Waals surface area contributed by atoms with Crippen molar-refractivity contribution < 1.29 is 22.7 Å². The first-order chi connectivity index (χ1) is 12.8. The lowest BCUT2D eigenvalue weighted by molar-refractivity contribution is -0.0502. The molecule has 1 heterocycles. The Balaban J connectivity index is 2.42. The number of hydrogen-bond acceptors (Lipinski definition) is 5. The maximum atomic E-state index is 12.7. The maximum Gasteiger partial charge on any atom is 0.410 e. The van der Waals surface area contributed by atoms with Crippen molar-refractivity contribution in [3.05, 3.63) is 33.8 Å². The number of carbonyl (C=O) groups excluding carboxylic acids is 1.